The molecule has 0 radical (unpaired) electrons. The minimum atomic E-state index is -0.243. The average Bonchev–Trinajstić information content (AvgIpc) is 2.25. The van der Waals surface area contributed by atoms with E-state index in [0.29, 0.717) is 6.61 Å². The minimum absolute atomic E-state index is 0.151. The number of carbonyl (C=O) groups is 1. The van der Waals surface area contributed by atoms with E-state index in [9.17, 15) is 4.79 Å². The highest BCUT2D eigenvalue weighted by Crippen LogP contribution is 2.13. The quantitative estimate of drug-likeness (QED) is 0.412. The zero-order valence-electron chi connectivity index (χ0n) is 10.1. The Morgan fingerprint density at radius 3 is 2.38 bits per heavy atom. The number of hydrogen-bond donors (Lipinski definition) is 2. The number of nitrogens with two attached hydrogens (primary N) is 1. The van der Waals surface area contributed by atoms with Crippen molar-refractivity contribution < 1.29 is 9.53 Å². The van der Waals surface area contributed by atoms with Crippen molar-refractivity contribution in [1.82, 2.24) is 10.3 Å². The van der Waals surface area contributed by atoms with Gasteiger partial charge in [0.1, 0.15) is 6.04 Å². The van der Waals surface area contributed by atoms with Gasteiger partial charge in [-0.3, -0.25) is 15.1 Å². The largest absolute Gasteiger partial charge is 0.383 e. The van der Waals surface area contributed by atoms with Gasteiger partial charge in [0, 0.05) is 7.11 Å². The third kappa shape index (κ3) is 4.08. The van der Waals surface area contributed by atoms with Crippen molar-refractivity contribution in [3.05, 3.63) is 0 Å². The highest BCUT2D eigenvalue weighted by Gasteiger charge is 2.25. The lowest BCUT2D eigenvalue weighted by molar-refractivity contribution is -0.128. The van der Waals surface area contributed by atoms with Gasteiger partial charge in [0.05, 0.1) is 6.61 Å². The molecule has 1 aliphatic heterocycles. The number of amides is 1. The van der Waals surface area contributed by atoms with Crippen LogP contribution in [0.25, 0.3) is 0 Å². The Labute approximate surface area is 97.3 Å². The number of ether oxygens (including phenoxy) is 1. The third-order valence-electron chi connectivity index (χ3n) is 3.10. The van der Waals surface area contributed by atoms with Crippen molar-refractivity contribution in [2.24, 2.45) is 5.84 Å². The molecule has 1 aliphatic rings. The van der Waals surface area contributed by atoms with E-state index in [-0.39, 0.29) is 11.9 Å². The highest BCUT2D eigenvalue weighted by molar-refractivity contribution is 5.81. The van der Waals surface area contributed by atoms with Gasteiger partial charge in [-0.05, 0) is 25.9 Å². The van der Waals surface area contributed by atoms with Crippen LogP contribution in [0.5, 0.6) is 0 Å². The van der Waals surface area contributed by atoms with Crippen LogP contribution in [-0.4, -0.2) is 43.7 Å². The second-order valence-electron chi connectivity index (χ2n) is 4.28. The van der Waals surface area contributed by atoms with Crippen molar-refractivity contribution in [3.8, 4) is 0 Å². The van der Waals surface area contributed by atoms with E-state index in [1.54, 1.807) is 7.11 Å². The first-order valence-electron chi connectivity index (χ1n) is 6.03. The van der Waals surface area contributed by atoms with E-state index in [1.165, 1.54) is 19.3 Å². The molecule has 1 saturated heterocycles. The highest BCUT2D eigenvalue weighted by atomic mass is 16.5. The van der Waals surface area contributed by atoms with Crippen molar-refractivity contribution in [2.75, 3.05) is 26.8 Å². The number of carbonyl (C=O) groups excluding carboxylic acids is 1. The molecule has 0 spiro atoms. The molecule has 0 aromatic rings. The summed E-state index contributed by atoms with van der Waals surface area (Å²) in [5.74, 6) is 5.05. The Balaban J connectivity index is 2.55. The number of hydrazine groups is 1. The summed E-state index contributed by atoms with van der Waals surface area (Å²) in [7, 11) is 1.61. The van der Waals surface area contributed by atoms with Crippen LogP contribution in [0, 0.1) is 0 Å². The van der Waals surface area contributed by atoms with Crippen LogP contribution < -0.4 is 11.3 Å². The standard InChI is InChI=1S/C11H23N3O2/c1-16-9-10(11(15)13-12)14-7-5-3-2-4-6-8-14/h10H,2-9,12H2,1H3,(H,13,15). The Bertz CT molecular complexity index is 203. The number of nitrogens with zero attached hydrogens (tertiary/aromatic N) is 1. The molecule has 0 bridgehead atoms. The Morgan fingerprint density at radius 1 is 1.31 bits per heavy atom. The molecule has 1 amide bonds. The van der Waals surface area contributed by atoms with Crippen LogP contribution in [-0.2, 0) is 9.53 Å². The molecular weight excluding hydrogens is 206 g/mol. The maximum absolute atomic E-state index is 11.6. The van der Waals surface area contributed by atoms with Crippen LogP contribution in [0.4, 0.5) is 0 Å². The molecule has 1 heterocycles. The third-order valence-corrected chi connectivity index (χ3v) is 3.10. The van der Waals surface area contributed by atoms with Gasteiger partial charge in [-0.2, -0.15) is 0 Å². The summed E-state index contributed by atoms with van der Waals surface area (Å²) >= 11 is 0. The first-order valence-corrected chi connectivity index (χ1v) is 6.03. The van der Waals surface area contributed by atoms with Crippen LogP contribution >= 0.6 is 0 Å². The van der Waals surface area contributed by atoms with E-state index in [2.05, 4.69) is 10.3 Å². The summed E-state index contributed by atoms with van der Waals surface area (Å²) in [6.45, 7) is 2.33. The number of hydrogen-bond acceptors (Lipinski definition) is 4. The monoisotopic (exact) mass is 229 g/mol. The fourth-order valence-corrected chi connectivity index (χ4v) is 2.18. The molecule has 0 aliphatic carbocycles. The van der Waals surface area contributed by atoms with E-state index in [4.69, 9.17) is 10.6 Å². The Hall–Kier alpha value is -0.650. The summed E-state index contributed by atoms with van der Waals surface area (Å²) in [5, 5.41) is 0. The van der Waals surface area contributed by atoms with Crippen molar-refractivity contribution in [1.29, 1.82) is 0 Å². The van der Waals surface area contributed by atoms with E-state index < -0.39 is 0 Å². The van der Waals surface area contributed by atoms with Crippen molar-refractivity contribution >= 4 is 5.91 Å². The van der Waals surface area contributed by atoms with Crippen LogP contribution in [0.3, 0.4) is 0 Å². The number of likely N-dealkylation sites (tertiary alicyclic amines) is 1. The summed E-state index contributed by atoms with van der Waals surface area (Å²) in [6.07, 6.45) is 6.11. The van der Waals surface area contributed by atoms with E-state index >= 15 is 0 Å². The van der Waals surface area contributed by atoms with E-state index in [1.807, 2.05) is 0 Å². The molecule has 0 aromatic heterocycles. The second kappa shape index (κ2) is 7.60. The van der Waals surface area contributed by atoms with Gasteiger partial charge in [-0.1, -0.05) is 19.3 Å². The maximum atomic E-state index is 11.6. The lowest BCUT2D eigenvalue weighted by Gasteiger charge is -2.31. The van der Waals surface area contributed by atoms with Crippen LogP contribution in [0.2, 0.25) is 0 Å². The van der Waals surface area contributed by atoms with Crippen LogP contribution in [0.15, 0.2) is 0 Å². The van der Waals surface area contributed by atoms with Gasteiger partial charge in [0.25, 0.3) is 5.91 Å². The normalized spacial score (nSPS) is 20.9. The Kier molecular flexibility index (Phi) is 6.37. The second-order valence-corrected chi connectivity index (χ2v) is 4.28. The van der Waals surface area contributed by atoms with Gasteiger partial charge in [0.2, 0.25) is 0 Å². The molecule has 1 atom stereocenters. The molecule has 5 nitrogen and oxygen atoms in total. The summed E-state index contributed by atoms with van der Waals surface area (Å²) in [4.78, 5) is 13.8. The van der Waals surface area contributed by atoms with Gasteiger partial charge in [0.15, 0.2) is 0 Å². The number of rotatable bonds is 4. The molecule has 1 unspecified atom stereocenters. The maximum Gasteiger partial charge on any atom is 0.253 e. The molecule has 16 heavy (non-hydrogen) atoms. The zero-order valence-corrected chi connectivity index (χ0v) is 10.1. The molecule has 5 heteroatoms. The topological polar surface area (TPSA) is 67.6 Å². The summed E-state index contributed by atoms with van der Waals surface area (Å²) in [6, 6.07) is -0.243. The molecule has 1 fully saturated rings. The van der Waals surface area contributed by atoms with Gasteiger partial charge >= 0.3 is 0 Å². The predicted molar refractivity (Wildman–Crippen MR) is 62.7 cm³/mol. The Morgan fingerprint density at radius 2 is 1.88 bits per heavy atom. The summed E-state index contributed by atoms with van der Waals surface area (Å²) in [5.41, 5.74) is 2.22. The fraction of sp³-hybridized carbons (Fsp3) is 0.909. The predicted octanol–water partition coefficient (Wildman–Crippen LogP) is 0.257. The first kappa shape index (κ1) is 13.4. The fourth-order valence-electron chi connectivity index (χ4n) is 2.18. The lowest BCUT2D eigenvalue weighted by atomic mass is 10.1. The molecule has 3 N–H and O–H groups in total. The molecule has 0 aromatic carbocycles. The van der Waals surface area contributed by atoms with Crippen molar-refractivity contribution in [3.63, 3.8) is 0 Å². The first-order chi connectivity index (χ1) is 7.79. The number of nitrogens with one attached hydrogen (secondary N) is 1. The van der Waals surface area contributed by atoms with E-state index in [0.717, 1.165) is 25.9 Å². The molecule has 94 valence electrons. The van der Waals surface area contributed by atoms with Gasteiger partial charge < -0.3 is 4.74 Å². The van der Waals surface area contributed by atoms with Crippen LogP contribution in [0.1, 0.15) is 32.1 Å². The van der Waals surface area contributed by atoms with Gasteiger partial charge in [-0.25, -0.2) is 5.84 Å². The number of methoxy groups -OCH3 is 1. The molecular formula is C11H23N3O2. The molecule has 0 saturated carbocycles. The average molecular weight is 229 g/mol. The molecule has 1 rings (SSSR count). The summed E-state index contributed by atoms with van der Waals surface area (Å²) < 4.78 is 5.09. The SMILES string of the molecule is COCC(C(=O)NN)N1CCCCCCC1. The zero-order chi connectivity index (χ0) is 11.8. The van der Waals surface area contributed by atoms with Gasteiger partial charge in [-0.15, -0.1) is 0 Å². The lowest BCUT2D eigenvalue weighted by Crippen LogP contribution is -2.52. The van der Waals surface area contributed by atoms with Crippen molar-refractivity contribution in [2.45, 2.75) is 38.1 Å². The minimum Gasteiger partial charge on any atom is -0.383 e. The smallest absolute Gasteiger partial charge is 0.253 e.